The Morgan fingerprint density at radius 3 is 2.64 bits per heavy atom. The van der Waals surface area contributed by atoms with E-state index in [-0.39, 0.29) is 6.10 Å². The van der Waals surface area contributed by atoms with Crippen molar-refractivity contribution in [3.8, 4) is 0 Å². The molecule has 3 aliphatic rings. The lowest BCUT2D eigenvalue weighted by molar-refractivity contribution is 0.129. The molecule has 0 bridgehead atoms. The van der Waals surface area contributed by atoms with Gasteiger partial charge in [-0.2, -0.15) is 0 Å². The molecule has 2 N–H and O–H groups in total. The minimum absolute atomic E-state index is 0.0149. The fourth-order valence-electron chi connectivity index (χ4n) is 3.52. The molecule has 14 heavy (non-hydrogen) atoms. The zero-order chi connectivity index (χ0) is 9.54. The summed E-state index contributed by atoms with van der Waals surface area (Å²) in [6.07, 6.45) is 7.79. The monoisotopic (exact) mass is 195 g/mol. The molecule has 0 saturated heterocycles. The van der Waals surface area contributed by atoms with Gasteiger partial charge >= 0.3 is 0 Å². The molecule has 3 saturated carbocycles. The Morgan fingerprint density at radius 1 is 1.14 bits per heavy atom. The molecule has 3 unspecified atom stereocenters. The molecule has 0 aromatic carbocycles. The summed E-state index contributed by atoms with van der Waals surface area (Å²) >= 11 is 0. The van der Waals surface area contributed by atoms with Crippen molar-refractivity contribution in [3.05, 3.63) is 0 Å². The molecule has 3 rings (SSSR count). The summed E-state index contributed by atoms with van der Waals surface area (Å²) in [4.78, 5) is 0. The van der Waals surface area contributed by atoms with Crippen LogP contribution >= 0.6 is 0 Å². The van der Waals surface area contributed by atoms with Gasteiger partial charge in [-0.15, -0.1) is 0 Å². The van der Waals surface area contributed by atoms with Gasteiger partial charge in [0.15, 0.2) is 0 Å². The van der Waals surface area contributed by atoms with Crippen LogP contribution in [0, 0.1) is 17.8 Å². The predicted molar refractivity (Wildman–Crippen MR) is 56.0 cm³/mol. The molecule has 3 aliphatic carbocycles. The van der Waals surface area contributed by atoms with Crippen molar-refractivity contribution in [1.29, 1.82) is 0 Å². The van der Waals surface area contributed by atoms with Crippen molar-refractivity contribution in [2.45, 2.75) is 50.7 Å². The van der Waals surface area contributed by atoms with E-state index in [0.29, 0.717) is 5.92 Å². The summed E-state index contributed by atoms with van der Waals surface area (Å²) in [6.45, 7) is 1.06. The molecular formula is C12H21NO. The Morgan fingerprint density at radius 2 is 2.07 bits per heavy atom. The summed E-state index contributed by atoms with van der Waals surface area (Å²) in [5.74, 6) is 2.63. The number of nitrogens with one attached hydrogen (secondary N) is 1. The van der Waals surface area contributed by atoms with Crippen LogP contribution in [0.2, 0.25) is 0 Å². The first-order chi connectivity index (χ1) is 6.84. The number of fused-ring (bicyclic) bond motifs is 1. The van der Waals surface area contributed by atoms with E-state index < -0.39 is 0 Å². The number of rotatable bonds is 3. The van der Waals surface area contributed by atoms with E-state index in [0.717, 1.165) is 30.8 Å². The predicted octanol–water partition coefficient (Wildman–Crippen LogP) is 1.54. The standard InChI is InChI=1S/C12H21NO/c14-12-3-1-2-9(12)7-13-11-5-4-8-6-10(8)11/h8-14H,1-7H2/t8-,9?,10+,11?,12?/m1/s1. The first-order valence-corrected chi connectivity index (χ1v) is 6.26. The third-order valence-corrected chi connectivity index (χ3v) is 4.60. The van der Waals surface area contributed by atoms with Crippen molar-refractivity contribution in [2.24, 2.45) is 17.8 Å². The summed E-state index contributed by atoms with van der Waals surface area (Å²) < 4.78 is 0. The zero-order valence-electron chi connectivity index (χ0n) is 8.78. The Kier molecular flexibility index (Phi) is 2.29. The summed E-state index contributed by atoms with van der Waals surface area (Å²) in [5, 5.41) is 13.4. The Labute approximate surface area is 86.1 Å². The first kappa shape index (κ1) is 9.17. The average molecular weight is 195 g/mol. The molecule has 0 amide bonds. The van der Waals surface area contributed by atoms with Crippen molar-refractivity contribution in [3.63, 3.8) is 0 Å². The van der Waals surface area contributed by atoms with Crippen LogP contribution in [0.3, 0.4) is 0 Å². The maximum atomic E-state index is 9.70. The van der Waals surface area contributed by atoms with Gasteiger partial charge in [0, 0.05) is 12.6 Å². The highest BCUT2D eigenvalue weighted by Gasteiger charge is 2.47. The summed E-state index contributed by atoms with van der Waals surface area (Å²) in [7, 11) is 0. The maximum absolute atomic E-state index is 9.70. The summed E-state index contributed by atoms with van der Waals surface area (Å²) in [5.41, 5.74) is 0. The maximum Gasteiger partial charge on any atom is 0.0580 e. The first-order valence-electron chi connectivity index (χ1n) is 6.26. The highest BCUT2D eigenvalue weighted by Crippen LogP contribution is 2.51. The second kappa shape index (κ2) is 3.49. The van der Waals surface area contributed by atoms with E-state index >= 15 is 0 Å². The smallest absolute Gasteiger partial charge is 0.0580 e. The number of hydrogen-bond acceptors (Lipinski definition) is 2. The van der Waals surface area contributed by atoms with Gasteiger partial charge in [-0.3, -0.25) is 0 Å². The van der Waals surface area contributed by atoms with E-state index in [4.69, 9.17) is 0 Å². The molecule has 0 spiro atoms. The molecule has 0 radical (unpaired) electrons. The average Bonchev–Trinajstić information content (AvgIpc) is 2.68. The van der Waals surface area contributed by atoms with Gasteiger partial charge < -0.3 is 10.4 Å². The minimum Gasteiger partial charge on any atom is -0.393 e. The third kappa shape index (κ3) is 1.59. The van der Waals surface area contributed by atoms with Crippen molar-refractivity contribution < 1.29 is 5.11 Å². The molecule has 2 heteroatoms. The van der Waals surface area contributed by atoms with E-state index in [9.17, 15) is 5.11 Å². The van der Waals surface area contributed by atoms with Crippen LogP contribution in [0.4, 0.5) is 0 Å². The molecule has 2 nitrogen and oxygen atoms in total. The summed E-state index contributed by atoms with van der Waals surface area (Å²) in [6, 6.07) is 0.799. The normalized spacial score (nSPS) is 50.8. The number of aliphatic hydroxyl groups is 1. The minimum atomic E-state index is -0.0149. The second-order valence-corrected chi connectivity index (χ2v) is 5.51. The van der Waals surface area contributed by atoms with Crippen LogP contribution in [-0.4, -0.2) is 23.8 Å². The van der Waals surface area contributed by atoms with Crippen LogP contribution in [0.25, 0.3) is 0 Å². The topological polar surface area (TPSA) is 32.3 Å². The largest absolute Gasteiger partial charge is 0.393 e. The SMILES string of the molecule is OC1CCCC1CNC1CC[C@@H]2C[C@H]12. The van der Waals surface area contributed by atoms with E-state index in [1.807, 2.05) is 0 Å². The Balaban J connectivity index is 1.45. The van der Waals surface area contributed by atoms with Crippen LogP contribution in [0.15, 0.2) is 0 Å². The molecule has 0 aromatic heterocycles. The molecule has 0 aromatic rings. The van der Waals surface area contributed by atoms with Gasteiger partial charge in [-0.25, -0.2) is 0 Å². The Bertz CT molecular complexity index is 210. The highest BCUT2D eigenvalue weighted by atomic mass is 16.3. The van der Waals surface area contributed by atoms with Gasteiger partial charge in [-0.1, -0.05) is 6.42 Å². The van der Waals surface area contributed by atoms with Gasteiger partial charge in [0.2, 0.25) is 0 Å². The van der Waals surface area contributed by atoms with Crippen molar-refractivity contribution in [1.82, 2.24) is 5.32 Å². The van der Waals surface area contributed by atoms with Gasteiger partial charge in [0.05, 0.1) is 6.10 Å². The fourth-order valence-corrected chi connectivity index (χ4v) is 3.52. The van der Waals surface area contributed by atoms with Gasteiger partial charge in [0.25, 0.3) is 0 Å². The molecule has 5 atom stereocenters. The molecule has 0 aliphatic heterocycles. The van der Waals surface area contributed by atoms with Crippen LogP contribution in [0.1, 0.15) is 38.5 Å². The van der Waals surface area contributed by atoms with E-state index in [2.05, 4.69) is 5.32 Å². The second-order valence-electron chi connectivity index (χ2n) is 5.51. The molecular weight excluding hydrogens is 174 g/mol. The number of aliphatic hydroxyl groups excluding tert-OH is 1. The van der Waals surface area contributed by atoms with Crippen molar-refractivity contribution in [2.75, 3.05) is 6.54 Å². The van der Waals surface area contributed by atoms with Crippen LogP contribution in [-0.2, 0) is 0 Å². The number of hydrogen-bond donors (Lipinski definition) is 2. The van der Waals surface area contributed by atoms with Gasteiger partial charge in [0.1, 0.15) is 0 Å². The van der Waals surface area contributed by atoms with E-state index in [1.165, 1.54) is 32.1 Å². The zero-order valence-corrected chi connectivity index (χ0v) is 8.78. The fraction of sp³-hybridized carbons (Fsp3) is 1.00. The third-order valence-electron chi connectivity index (χ3n) is 4.60. The Hall–Kier alpha value is -0.0800. The molecule has 0 heterocycles. The molecule has 80 valence electrons. The lowest BCUT2D eigenvalue weighted by atomic mass is 10.0. The van der Waals surface area contributed by atoms with Crippen LogP contribution in [0.5, 0.6) is 0 Å². The lowest BCUT2D eigenvalue weighted by Crippen LogP contribution is -2.35. The quantitative estimate of drug-likeness (QED) is 0.716. The lowest BCUT2D eigenvalue weighted by Gasteiger charge is -2.19. The molecule has 3 fully saturated rings. The van der Waals surface area contributed by atoms with Crippen LogP contribution < -0.4 is 5.32 Å². The highest BCUT2D eigenvalue weighted by molar-refractivity contribution is 5.01. The van der Waals surface area contributed by atoms with Gasteiger partial charge in [-0.05, 0) is 49.9 Å². The van der Waals surface area contributed by atoms with Crippen molar-refractivity contribution >= 4 is 0 Å². The van der Waals surface area contributed by atoms with E-state index in [1.54, 1.807) is 0 Å².